The van der Waals surface area contributed by atoms with Crippen molar-refractivity contribution in [3.63, 3.8) is 0 Å². The zero-order chi connectivity index (χ0) is 7.15. The van der Waals surface area contributed by atoms with Crippen LogP contribution < -0.4 is 20.4 Å². The van der Waals surface area contributed by atoms with Crippen molar-refractivity contribution >= 4 is 35.4 Å². The molecule has 0 aromatic carbocycles. The van der Waals surface area contributed by atoms with Crippen molar-refractivity contribution in [1.29, 1.82) is 0 Å². The first-order valence-electron chi connectivity index (χ1n) is 1.22. The first-order chi connectivity index (χ1) is 3.46. The number of carboxylic acid groups (broad SMARTS) is 4. The molecule has 0 spiro atoms. The molecule has 0 bridgehead atoms. The maximum atomic E-state index is 8.33. The van der Waals surface area contributed by atoms with E-state index in [0.717, 1.165) is 0 Å². The third-order valence-electron chi connectivity index (χ3n) is 0. The molecular weight excluding hydrogens is 286 g/mol. The molecule has 0 aromatic heterocycles. The van der Waals surface area contributed by atoms with Gasteiger partial charge in [0, 0.05) is 0 Å². The predicted molar refractivity (Wildman–Crippen MR) is 17.9 cm³/mol. The van der Waals surface area contributed by atoms with E-state index in [1.54, 1.807) is 0 Å². The monoisotopic (exact) mass is 286 g/mol. The van der Waals surface area contributed by atoms with Crippen LogP contribution in [0.4, 0.5) is 9.59 Å². The molecule has 8 nitrogen and oxygen atoms in total. The van der Waals surface area contributed by atoms with Crippen LogP contribution >= 0.6 is 0 Å². The fourth-order valence-electron chi connectivity index (χ4n) is 0. The zero-order valence-electron chi connectivity index (χ0n) is 5.73. The van der Waals surface area contributed by atoms with Gasteiger partial charge >= 0.3 is 57.2 Å². The second kappa shape index (κ2) is 39.7. The van der Waals surface area contributed by atoms with Gasteiger partial charge in [0.25, 0.3) is 0 Å². The summed E-state index contributed by atoms with van der Waals surface area (Å²) in [5.41, 5.74) is 0. The minimum Gasteiger partial charge on any atom is -1.00 e. The average Bonchev–Trinajstić information content (AvgIpc) is 1.25. The number of hydrogen-bond donors (Lipinski definition) is 0. The van der Waals surface area contributed by atoms with E-state index in [1.807, 2.05) is 0 Å². The van der Waals surface area contributed by atoms with Crippen LogP contribution in [0.2, 0.25) is 0 Å². The Labute approximate surface area is 110 Å². The molecule has 4 radical (unpaired) electrons. The molecule has 0 aliphatic carbocycles. The van der Waals surface area contributed by atoms with Crippen LogP contribution in [0.5, 0.6) is 0 Å². The van der Waals surface area contributed by atoms with Gasteiger partial charge in [-0.05, 0) is 12.3 Å². The summed E-state index contributed by atoms with van der Waals surface area (Å²) in [7, 11) is 0. The van der Waals surface area contributed by atoms with Gasteiger partial charge in [0.15, 0.2) is 0 Å². The summed E-state index contributed by atoms with van der Waals surface area (Å²) >= 11 is 0. The van der Waals surface area contributed by atoms with Crippen molar-refractivity contribution in [3.05, 3.63) is 0 Å². The molecule has 0 fully saturated rings. The minimum absolute atomic E-state index is 0. The van der Waals surface area contributed by atoms with E-state index in [4.69, 9.17) is 30.0 Å². The molecule has 0 unspecified atom stereocenters. The van der Waals surface area contributed by atoms with E-state index in [-0.39, 0.29) is 68.1 Å². The third kappa shape index (κ3) is 18400. The van der Waals surface area contributed by atoms with Crippen LogP contribution in [0.15, 0.2) is 0 Å². The van der Waals surface area contributed by atoms with Gasteiger partial charge in [-0.25, -0.2) is 0 Å². The van der Waals surface area contributed by atoms with Crippen molar-refractivity contribution in [2.45, 2.75) is 0 Å². The number of hydrogen-bond acceptors (Lipinski definition) is 8. The largest absolute Gasteiger partial charge is 2.00 e. The Balaban J connectivity index is -0.00000000800. The summed E-state index contributed by atoms with van der Waals surface area (Å²) in [5, 5.41) is 33.3. The fraction of sp³-hybridized carbons (Fsp3) is 0. The molecule has 72 valence electrons. The second-order valence-corrected chi connectivity index (χ2v) is 0.500. The Morgan fingerprint density at radius 2 is 0.692 bits per heavy atom. The van der Waals surface area contributed by atoms with Gasteiger partial charge in [-0.2, -0.15) is 0 Å². The van der Waals surface area contributed by atoms with Crippen LogP contribution in [0, 0.1) is 0 Å². The smallest absolute Gasteiger partial charge is 1.00 e. The van der Waals surface area contributed by atoms with Gasteiger partial charge in [0.2, 0.25) is 0 Å². The molecule has 0 saturated carbocycles. The molecule has 11 heteroatoms. The minimum atomic E-state index is -2.33. The van der Waals surface area contributed by atoms with Gasteiger partial charge in [-0.3, -0.25) is 0 Å². The summed E-state index contributed by atoms with van der Waals surface area (Å²) in [6.07, 6.45) is -4.67. The fourth-order valence-corrected chi connectivity index (χ4v) is 0. The van der Waals surface area contributed by atoms with Crippen molar-refractivity contribution in [3.8, 4) is 0 Å². The predicted octanol–water partition coefficient (Wildman–Crippen LogP) is -5.52. The van der Waals surface area contributed by atoms with Gasteiger partial charge in [-0.15, -0.1) is 0 Å². The normalized spacial score (nSPS) is 3.69. The summed E-state index contributed by atoms with van der Waals surface area (Å²) < 4.78 is 0. The zero-order valence-corrected chi connectivity index (χ0v) is 9.50. The van der Waals surface area contributed by atoms with Crippen LogP contribution in [0.3, 0.4) is 0 Å². The molecule has 0 rings (SSSR count). The summed E-state index contributed by atoms with van der Waals surface area (Å²) in [5.74, 6) is 0. The van der Waals surface area contributed by atoms with Crippen LogP contribution in [-0.2, 0) is 45.1 Å². The van der Waals surface area contributed by atoms with Crippen LogP contribution in [0.25, 0.3) is 0 Å². The van der Waals surface area contributed by atoms with E-state index in [2.05, 4.69) is 0 Å². The average molecular weight is 286 g/mol. The molecule has 0 atom stereocenters. The van der Waals surface area contributed by atoms with Crippen molar-refractivity contribution in [2.75, 3.05) is 0 Å². The van der Waals surface area contributed by atoms with E-state index < -0.39 is 12.3 Å². The standard InChI is InChI=1S/2CH2O3.Mg.2Mn.2O/c2*2-1(3)4;;;;;/h2*(H2,2,3,4);;;;;/q;;3*+2;2*-1/p-4. The Morgan fingerprint density at radius 1 is 0.692 bits per heavy atom. The van der Waals surface area contributed by atoms with Gasteiger partial charge in [0.1, 0.15) is 0 Å². The Hall–Kier alpha value is 0.265. The first-order valence-corrected chi connectivity index (χ1v) is 1.22. The van der Waals surface area contributed by atoms with E-state index in [1.165, 1.54) is 0 Å². The summed E-state index contributed by atoms with van der Waals surface area (Å²) in [4.78, 5) is 16.7. The molecule has 0 aromatic rings. The Kier molecular flexibility index (Phi) is 155. The maximum Gasteiger partial charge on any atom is 2.00 e. The van der Waals surface area contributed by atoms with E-state index in [9.17, 15) is 0 Å². The number of carbonyl (C=O) groups is 2. The molecule has 0 aliphatic rings. The Bertz CT molecular complexity index is 78.1. The first kappa shape index (κ1) is 50.8. The summed E-state index contributed by atoms with van der Waals surface area (Å²) in [6, 6.07) is 0. The van der Waals surface area contributed by atoms with Crippen molar-refractivity contribution in [2.24, 2.45) is 0 Å². The van der Waals surface area contributed by atoms with Gasteiger partial charge < -0.3 is 41.0 Å². The maximum absolute atomic E-state index is 8.33. The third-order valence-corrected chi connectivity index (χ3v) is 0. The van der Waals surface area contributed by atoms with E-state index >= 15 is 0 Å². The second-order valence-electron chi connectivity index (χ2n) is 0.500. The van der Waals surface area contributed by atoms with Crippen molar-refractivity contribution < 1.29 is 75.1 Å². The van der Waals surface area contributed by atoms with Gasteiger partial charge in [0.05, 0.1) is 0 Å². The van der Waals surface area contributed by atoms with Crippen molar-refractivity contribution in [1.82, 2.24) is 0 Å². The molecule has 0 N–H and O–H groups in total. The van der Waals surface area contributed by atoms with Crippen LogP contribution in [-0.4, -0.2) is 35.4 Å². The molecule has 0 aliphatic heterocycles. The molecule has 0 amide bonds. The topological polar surface area (TPSA) is 183 Å². The molecule has 0 heterocycles. The SMILES string of the molecule is O=C([O-])[O-].O=C([O-])[O-].[Mg+2].[Mn+2].[Mn+2].[O-].[O-]. The Morgan fingerprint density at radius 3 is 0.692 bits per heavy atom. The molecule has 0 saturated heterocycles. The number of carbonyl (C=O) groups excluding carboxylic acids is 2. The summed E-state index contributed by atoms with van der Waals surface area (Å²) in [6.45, 7) is 0. The van der Waals surface area contributed by atoms with E-state index in [0.29, 0.717) is 0 Å². The number of rotatable bonds is 0. The van der Waals surface area contributed by atoms with Gasteiger partial charge in [-0.1, -0.05) is 0 Å². The molecule has 13 heavy (non-hydrogen) atoms. The molecular formula is C2MgMn2O8. The quantitative estimate of drug-likeness (QED) is 0.399. The van der Waals surface area contributed by atoms with Crippen LogP contribution in [0.1, 0.15) is 0 Å².